The van der Waals surface area contributed by atoms with Crippen LogP contribution in [0.5, 0.6) is 0 Å². The third-order valence-electron chi connectivity index (χ3n) is 2.67. The SMILES string of the molecule is CCCN(CCN(C)C)c1ccc(C#N)cc1. The molecule has 0 N–H and O–H groups in total. The molecule has 0 bridgehead atoms. The molecule has 0 aromatic heterocycles. The summed E-state index contributed by atoms with van der Waals surface area (Å²) in [6.45, 7) is 5.30. The van der Waals surface area contributed by atoms with E-state index in [4.69, 9.17) is 5.26 Å². The monoisotopic (exact) mass is 231 g/mol. The van der Waals surface area contributed by atoms with Gasteiger partial charge in [-0.15, -0.1) is 0 Å². The molecule has 0 heterocycles. The highest BCUT2D eigenvalue weighted by atomic mass is 15.2. The molecule has 0 amide bonds. The molecule has 0 aliphatic rings. The highest BCUT2D eigenvalue weighted by Crippen LogP contribution is 2.15. The van der Waals surface area contributed by atoms with E-state index >= 15 is 0 Å². The summed E-state index contributed by atoms with van der Waals surface area (Å²) in [6.07, 6.45) is 1.13. The summed E-state index contributed by atoms with van der Waals surface area (Å²) in [6, 6.07) is 9.98. The zero-order chi connectivity index (χ0) is 12.7. The predicted octanol–water partition coefficient (Wildman–Crippen LogP) is 2.34. The number of hydrogen-bond acceptors (Lipinski definition) is 3. The molecule has 3 heteroatoms. The summed E-state index contributed by atoms with van der Waals surface area (Å²) in [4.78, 5) is 4.55. The van der Waals surface area contributed by atoms with Crippen molar-refractivity contribution in [3.63, 3.8) is 0 Å². The van der Waals surface area contributed by atoms with Gasteiger partial charge in [-0.05, 0) is 44.8 Å². The van der Waals surface area contributed by atoms with E-state index in [1.54, 1.807) is 0 Å². The first-order chi connectivity index (χ1) is 8.17. The van der Waals surface area contributed by atoms with Gasteiger partial charge in [0.05, 0.1) is 11.6 Å². The van der Waals surface area contributed by atoms with Gasteiger partial charge in [0.1, 0.15) is 0 Å². The first-order valence-electron chi connectivity index (χ1n) is 6.07. The van der Waals surface area contributed by atoms with Crippen LogP contribution in [0.4, 0.5) is 5.69 Å². The highest BCUT2D eigenvalue weighted by Gasteiger charge is 2.05. The quantitative estimate of drug-likeness (QED) is 0.753. The van der Waals surface area contributed by atoms with Crippen molar-refractivity contribution in [2.75, 3.05) is 38.6 Å². The number of likely N-dealkylation sites (N-methyl/N-ethyl adjacent to an activating group) is 1. The molecule has 1 aromatic rings. The Labute approximate surface area is 104 Å². The fraction of sp³-hybridized carbons (Fsp3) is 0.500. The van der Waals surface area contributed by atoms with E-state index < -0.39 is 0 Å². The first-order valence-corrected chi connectivity index (χ1v) is 6.07. The van der Waals surface area contributed by atoms with Crippen molar-refractivity contribution >= 4 is 5.69 Å². The Morgan fingerprint density at radius 1 is 1.06 bits per heavy atom. The number of nitriles is 1. The molecule has 0 spiro atoms. The van der Waals surface area contributed by atoms with Gasteiger partial charge in [-0.2, -0.15) is 5.26 Å². The van der Waals surface area contributed by atoms with Crippen LogP contribution < -0.4 is 4.90 Å². The maximum absolute atomic E-state index is 8.78. The Morgan fingerprint density at radius 2 is 1.71 bits per heavy atom. The van der Waals surface area contributed by atoms with Gasteiger partial charge in [0, 0.05) is 25.3 Å². The molecule has 1 aromatic carbocycles. The lowest BCUT2D eigenvalue weighted by Gasteiger charge is -2.26. The normalized spacial score (nSPS) is 10.3. The van der Waals surface area contributed by atoms with E-state index in [0.29, 0.717) is 0 Å². The number of hydrogen-bond donors (Lipinski definition) is 0. The molecule has 0 saturated carbocycles. The summed E-state index contributed by atoms with van der Waals surface area (Å²) in [5.74, 6) is 0. The third kappa shape index (κ3) is 4.46. The second kappa shape index (κ2) is 6.93. The van der Waals surface area contributed by atoms with Crippen LogP contribution >= 0.6 is 0 Å². The Morgan fingerprint density at radius 3 is 2.18 bits per heavy atom. The van der Waals surface area contributed by atoms with Gasteiger partial charge in [0.15, 0.2) is 0 Å². The molecule has 17 heavy (non-hydrogen) atoms. The van der Waals surface area contributed by atoms with E-state index in [2.05, 4.69) is 36.9 Å². The Bertz CT molecular complexity index is 362. The van der Waals surface area contributed by atoms with Crippen LogP contribution in [0.25, 0.3) is 0 Å². The molecule has 0 atom stereocenters. The predicted molar refractivity (Wildman–Crippen MR) is 72.2 cm³/mol. The molecule has 0 aliphatic carbocycles. The maximum atomic E-state index is 8.78. The minimum Gasteiger partial charge on any atom is -0.370 e. The van der Waals surface area contributed by atoms with Gasteiger partial charge in [0.25, 0.3) is 0 Å². The van der Waals surface area contributed by atoms with Crippen molar-refractivity contribution in [1.82, 2.24) is 4.90 Å². The summed E-state index contributed by atoms with van der Waals surface area (Å²) < 4.78 is 0. The van der Waals surface area contributed by atoms with Crippen LogP contribution in [0, 0.1) is 11.3 Å². The van der Waals surface area contributed by atoms with Crippen LogP contribution in [0.15, 0.2) is 24.3 Å². The summed E-state index contributed by atoms with van der Waals surface area (Å²) in [5.41, 5.74) is 1.92. The Kier molecular flexibility index (Phi) is 5.51. The summed E-state index contributed by atoms with van der Waals surface area (Å²) in [5, 5.41) is 8.78. The van der Waals surface area contributed by atoms with Gasteiger partial charge >= 0.3 is 0 Å². The number of nitrogens with zero attached hydrogens (tertiary/aromatic N) is 3. The largest absolute Gasteiger partial charge is 0.370 e. The number of benzene rings is 1. The molecule has 0 unspecified atom stereocenters. The Balaban J connectivity index is 2.71. The van der Waals surface area contributed by atoms with Gasteiger partial charge in [-0.3, -0.25) is 0 Å². The summed E-state index contributed by atoms with van der Waals surface area (Å²) >= 11 is 0. The molecule has 3 nitrogen and oxygen atoms in total. The van der Waals surface area contributed by atoms with Crippen molar-refractivity contribution in [3.8, 4) is 6.07 Å². The smallest absolute Gasteiger partial charge is 0.0991 e. The Hall–Kier alpha value is -1.53. The second-order valence-electron chi connectivity index (χ2n) is 4.45. The topological polar surface area (TPSA) is 30.3 Å². The van der Waals surface area contributed by atoms with Crippen LogP contribution in [0.2, 0.25) is 0 Å². The van der Waals surface area contributed by atoms with Crippen LogP contribution in [0.3, 0.4) is 0 Å². The highest BCUT2D eigenvalue weighted by molar-refractivity contribution is 5.49. The lowest BCUT2D eigenvalue weighted by Crippen LogP contribution is -2.32. The number of anilines is 1. The minimum absolute atomic E-state index is 0.720. The van der Waals surface area contributed by atoms with Gasteiger partial charge in [-0.25, -0.2) is 0 Å². The van der Waals surface area contributed by atoms with Gasteiger partial charge in [0.2, 0.25) is 0 Å². The third-order valence-corrected chi connectivity index (χ3v) is 2.67. The van der Waals surface area contributed by atoms with E-state index in [1.165, 1.54) is 5.69 Å². The molecule has 0 saturated heterocycles. The molecule has 0 radical (unpaired) electrons. The van der Waals surface area contributed by atoms with E-state index in [9.17, 15) is 0 Å². The van der Waals surface area contributed by atoms with E-state index in [1.807, 2.05) is 24.3 Å². The zero-order valence-corrected chi connectivity index (χ0v) is 11.0. The van der Waals surface area contributed by atoms with Crippen molar-refractivity contribution < 1.29 is 0 Å². The van der Waals surface area contributed by atoms with Crippen molar-refractivity contribution in [2.45, 2.75) is 13.3 Å². The lowest BCUT2D eigenvalue weighted by atomic mass is 10.2. The van der Waals surface area contributed by atoms with E-state index in [-0.39, 0.29) is 0 Å². The van der Waals surface area contributed by atoms with Crippen molar-refractivity contribution in [2.24, 2.45) is 0 Å². The van der Waals surface area contributed by atoms with Crippen LogP contribution in [0.1, 0.15) is 18.9 Å². The van der Waals surface area contributed by atoms with Crippen LogP contribution in [-0.4, -0.2) is 38.6 Å². The number of rotatable bonds is 6. The van der Waals surface area contributed by atoms with Crippen LogP contribution in [-0.2, 0) is 0 Å². The fourth-order valence-electron chi connectivity index (χ4n) is 1.71. The van der Waals surface area contributed by atoms with E-state index in [0.717, 1.165) is 31.6 Å². The van der Waals surface area contributed by atoms with Gasteiger partial charge < -0.3 is 9.80 Å². The average molecular weight is 231 g/mol. The summed E-state index contributed by atoms with van der Waals surface area (Å²) in [7, 11) is 4.17. The van der Waals surface area contributed by atoms with Crippen molar-refractivity contribution in [3.05, 3.63) is 29.8 Å². The lowest BCUT2D eigenvalue weighted by molar-refractivity contribution is 0.413. The second-order valence-corrected chi connectivity index (χ2v) is 4.45. The average Bonchev–Trinajstić information content (AvgIpc) is 2.34. The molecule has 0 aliphatic heterocycles. The molecule has 1 rings (SSSR count). The fourth-order valence-corrected chi connectivity index (χ4v) is 1.71. The first kappa shape index (κ1) is 13.5. The van der Waals surface area contributed by atoms with Gasteiger partial charge in [-0.1, -0.05) is 6.92 Å². The molecule has 0 fully saturated rings. The molecular weight excluding hydrogens is 210 g/mol. The molecule has 92 valence electrons. The van der Waals surface area contributed by atoms with Crippen molar-refractivity contribution in [1.29, 1.82) is 5.26 Å². The zero-order valence-electron chi connectivity index (χ0n) is 11.0. The molecular formula is C14H21N3. The minimum atomic E-state index is 0.720. The maximum Gasteiger partial charge on any atom is 0.0991 e. The standard InChI is InChI=1S/C14H21N3/c1-4-9-17(11-10-16(2)3)14-7-5-13(12-15)6-8-14/h5-8H,4,9-11H2,1-3H3.